The van der Waals surface area contributed by atoms with Gasteiger partial charge in [0.15, 0.2) is 0 Å². The van der Waals surface area contributed by atoms with Crippen molar-refractivity contribution in [3.63, 3.8) is 0 Å². The summed E-state index contributed by atoms with van der Waals surface area (Å²) < 4.78 is 26.5. The van der Waals surface area contributed by atoms with Crippen LogP contribution in [0.15, 0.2) is 24.3 Å². The van der Waals surface area contributed by atoms with Crippen LogP contribution in [0.2, 0.25) is 0 Å². The van der Waals surface area contributed by atoms with Gasteiger partial charge < -0.3 is 0 Å². The zero-order valence-electron chi connectivity index (χ0n) is 10.9. The van der Waals surface area contributed by atoms with E-state index in [2.05, 4.69) is 4.72 Å². The van der Waals surface area contributed by atoms with E-state index in [1.165, 1.54) is 0 Å². The first-order valence-corrected chi connectivity index (χ1v) is 7.51. The minimum atomic E-state index is -3.25. The number of benzene rings is 1. The summed E-state index contributed by atoms with van der Waals surface area (Å²) in [5.74, 6) is 0.341. The fourth-order valence-corrected chi connectivity index (χ4v) is 3.02. The lowest BCUT2D eigenvalue weighted by Crippen LogP contribution is -2.36. The van der Waals surface area contributed by atoms with Gasteiger partial charge in [-0.3, -0.25) is 0 Å². The Morgan fingerprint density at radius 2 is 1.88 bits per heavy atom. The Morgan fingerprint density at radius 1 is 1.24 bits per heavy atom. The molecule has 0 aliphatic heterocycles. The average molecular weight is 255 g/mol. The highest BCUT2D eigenvalue weighted by Crippen LogP contribution is 2.09. The zero-order chi connectivity index (χ0) is 13.1. The normalized spacial score (nSPS) is 13.9. The van der Waals surface area contributed by atoms with E-state index in [9.17, 15) is 8.42 Å². The lowest BCUT2D eigenvalue weighted by atomic mass is 10.1. The number of hydrogen-bond donors (Lipinski definition) is 1. The molecule has 0 aliphatic carbocycles. The molecular formula is C13H21NO2S. The summed E-state index contributed by atoms with van der Waals surface area (Å²) in [6.45, 7) is 7.85. The lowest BCUT2D eigenvalue weighted by molar-refractivity contribution is 0.476. The van der Waals surface area contributed by atoms with E-state index in [0.29, 0.717) is 5.92 Å². The van der Waals surface area contributed by atoms with Crippen LogP contribution in [0, 0.1) is 12.8 Å². The summed E-state index contributed by atoms with van der Waals surface area (Å²) in [6.07, 6.45) is 0. The highest BCUT2D eigenvalue weighted by molar-refractivity contribution is 7.88. The third-order valence-corrected chi connectivity index (χ3v) is 4.25. The van der Waals surface area contributed by atoms with Gasteiger partial charge in [-0.1, -0.05) is 43.7 Å². The smallest absolute Gasteiger partial charge is 0.212 e. The first-order chi connectivity index (χ1) is 7.80. The summed E-state index contributed by atoms with van der Waals surface area (Å²) in [7, 11) is -3.25. The number of sulfonamides is 1. The van der Waals surface area contributed by atoms with Crippen LogP contribution in [0.3, 0.4) is 0 Å². The topological polar surface area (TPSA) is 46.2 Å². The molecule has 1 rings (SSSR count). The highest BCUT2D eigenvalue weighted by Gasteiger charge is 2.17. The van der Waals surface area contributed by atoms with Crippen molar-refractivity contribution in [2.75, 3.05) is 0 Å². The number of rotatable bonds is 5. The number of nitrogens with one attached hydrogen (secondary N) is 1. The molecule has 0 heterocycles. The van der Waals surface area contributed by atoms with Gasteiger partial charge in [0.05, 0.1) is 5.75 Å². The van der Waals surface area contributed by atoms with Crippen molar-refractivity contribution in [2.45, 2.75) is 39.5 Å². The molecule has 1 N–H and O–H groups in total. The maximum absolute atomic E-state index is 11.9. The molecule has 1 aromatic carbocycles. The van der Waals surface area contributed by atoms with Crippen molar-refractivity contribution < 1.29 is 8.42 Å². The Kier molecular flexibility index (Phi) is 4.71. The molecule has 3 nitrogen and oxygen atoms in total. The fourth-order valence-electron chi connectivity index (χ4n) is 1.48. The largest absolute Gasteiger partial charge is 0.216 e. The molecule has 0 unspecified atom stereocenters. The summed E-state index contributed by atoms with van der Waals surface area (Å²) >= 11 is 0. The molecule has 17 heavy (non-hydrogen) atoms. The molecule has 0 saturated carbocycles. The third-order valence-electron chi connectivity index (χ3n) is 2.80. The molecule has 1 atom stereocenters. The molecule has 96 valence electrons. The summed E-state index contributed by atoms with van der Waals surface area (Å²) in [4.78, 5) is 0. The second kappa shape index (κ2) is 5.65. The van der Waals surface area contributed by atoms with E-state index in [1.54, 1.807) is 0 Å². The molecule has 0 bridgehead atoms. The van der Waals surface area contributed by atoms with Crippen LogP contribution in [0.1, 0.15) is 31.9 Å². The lowest BCUT2D eigenvalue weighted by Gasteiger charge is -2.17. The molecule has 0 fully saturated rings. The Morgan fingerprint density at radius 3 is 2.41 bits per heavy atom. The molecule has 0 spiro atoms. The van der Waals surface area contributed by atoms with E-state index in [0.717, 1.165) is 11.1 Å². The number of hydrogen-bond acceptors (Lipinski definition) is 2. The Hall–Kier alpha value is -0.870. The SMILES string of the molecule is Cc1cccc(CS(=O)(=O)N[C@H](C)C(C)C)c1. The summed E-state index contributed by atoms with van der Waals surface area (Å²) in [5.41, 5.74) is 1.91. The van der Waals surface area contributed by atoms with Crippen LogP contribution in [0.4, 0.5) is 0 Å². The van der Waals surface area contributed by atoms with Crippen LogP contribution >= 0.6 is 0 Å². The van der Waals surface area contributed by atoms with E-state index in [-0.39, 0.29) is 11.8 Å². The van der Waals surface area contributed by atoms with Crippen LogP contribution < -0.4 is 4.72 Å². The van der Waals surface area contributed by atoms with Gasteiger partial charge in [0, 0.05) is 6.04 Å². The summed E-state index contributed by atoms with van der Waals surface area (Å²) in [6, 6.07) is 7.54. The van der Waals surface area contributed by atoms with Gasteiger partial charge in [-0.05, 0) is 25.3 Å². The molecule has 1 aromatic rings. The molecule has 0 aromatic heterocycles. The monoisotopic (exact) mass is 255 g/mol. The van der Waals surface area contributed by atoms with Gasteiger partial charge in [-0.2, -0.15) is 0 Å². The highest BCUT2D eigenvalue weighted by atomic mass is 32.2. The fraction of sp³-hybridized carbons (Fsp3) is 0.538. The molecule has 4 heteroatoms. The maximum Gasteiger partial charge on any atom is 0.216 e. The summed E-state index contributed by atoms with van der Waals surface area (Å²) in [5, 5.41) is 0. The first kappa shape index (κ1) is 14.2. The number of aryl methyl sites for hydroxylation is 1. The molecule has 0 amide bonds. The van der Waals surface area contributed by atoms with Crippen LogP contribution in [0.5, 0.6) is 0 Å². The minimum absolute atomic E-state index is 0.0372. The van der Waals surface area contributed by atoms with Gasteiger partial charge >= 0.3 is 0 Å². The van der Waals surface area contributed by atoms with Gasteiger partial charge in [-0.25, -0.2) is 13.1 Å². The van der Waals surface area contributed by atoms with Crippen molar-refractivity contribution in [1.29, 1.82) is 0 Å². The first-order valence-electron chi connectivity index (χ1n) is 5.86. The van der Waals surface area contributed by atoms with Crippen molar-refractivity contribution in [3.8, 4) is 0 Å². The average Bonchev–Trinajstić information content (AvgIpc) is 2.15. The minimum Gasteiger partial charge on any atom is -0.212 e. The molecule has 0 saturated heterocycles. The van der Waals surface area contributed by atoms with Gasteiger partial charge in [-0.15, -0.1) is 0 Å². The Balaban J connectivity index is 2.73. The predicted molar refractivity (Wildman–Crippen MR) is 71.2 cm³/mol. The van der Waals surface area contributed by atoms with E-state index in [1.807, 2.05) is 52.0 Å². The predicted octanol–water partition coefficient (Wildman–Crippen LogP) is 2.46. The van der Waals surface area contributed by atoms with Crippen molar-refractivity contribution >= 4 is 10.0 Å². The molecule has 0 aliphatic rings. The van der Waals surface area contributed by atoms with Gasteiger partial charge in [0.2, 0.25) is 10.0 Å². The van der Waals surface area contributed by atoms with Gasteiger partial charge in [0.1, 0.15) is 0 Å². The third kappa shape index (κ3) is 4.88. The van der Waals surface area contributed by atoms with Crippen LogP contribution in [-0.4, -0.2) is 14.5 Å². The van der Waals surface area contributed by atoms with Crippen molar-refractivity contribution in [2.24, 2.45) is 5.92 Å². The van der Waals surface area contributed by atoms with Crippen LogP contribution in [0.25, 0.3) is 0 Å². The standard InChI is InChI=1S/C13H21NO2S/c1-10(2)12(4)14-17(15,16)9-13-7-5-6-11(3)8-13/h5-8,10,12,14H,9H2,1-4H3/t12-/m1/s1. The maximum atomic E-state index is 11.9. The van der Waals surface area contributed by atoms with Gasteiger partial charge in [0.25, 0.3) is 0 Å². The van der Waals surface area contributed by atoms with Crippen molar-refractivity contribution in [3.05, 3.63) is 35.4 Å². The van der Waals surface area contributed by atoms with Crippen LogP contribution in [-0.2, 0) is 15.8 Å². The van der Waals surface area contributed by atoms with Crippen molar-refractivity contribution in [1.82, 2.24) is 4.72 Å². The molecular weight excluding hydrogens is 234 g/mol. The second-order valence-electron chi connectivity index (χ2n) is 4.90. The molecule has 0 radical (unpaired) electrons. The van der Waals surface area contributed by atoms with E-state index < -0.39 is 10.0 Å². The Labute approximate surface area is 104 Å². The Bertz CT molecular complexity index is 466. The van der Waals surface area contributed by atoms with E-state index in [4.69, 9.17) is 0 Å². The quantitative estimate of drug-likeness (QED) is 0.878. The van der Waals surface area contributed by atoms with E-state index >= 15 is 0 Å². The zero-order valence-corrected chi connectivity index (χ0v) is 11.7. The second-order valence-corrected chi connectivity index (χ2v) is 6.65.